The molecule has 0 aliphatic rings. The predicted octanol–water partition coefficient (Wildman–Crippen LogP) is 1.67. The molecule has 4 N–H and O–H groups in total. The van der Waals surface area contributed by atoms with E-state index in [0.29, 0.717) is 12.4 Å². The van der Waals surface area contributed by atoms with Gasteiger partial charge in [-0.15, -0.1) is 17.5 Å². The van der Waals surface area contributed by atoms with Gasteiger partial charge in [-0.2, -0.15) is 0 Å². The lowest BCUT2D eigenvalue weighted by molar-refractivity contribution is -0.115. The third-order valence-electron chi connectivity index (χ3n) is 4.07. The SMILES string of the molecule is Cl.O=C(Cc1nnn[nH]1)Nc1ccc(CCNC[C@H](O)c2ccccc2)cc1. The Morgan fingerprint density at radius 2 is 1.86 bits per heavy atom. The third-order valence-corrected chi connectivity index (χ3v) is 4.07. The van der Waals surface area contributed by atoms with Crippen molar-refractivity contribution in [2.75, 3.05) is 18.4 Å². The Kier molecular flexibility index (Phi) is 8.54. The van der Waals surface area contributed by atoms with Crippen LogP contribution in [0.2, 0.25) is 0 Å². The molecule has 1 heterocycles. The highest BCUT2D eigenvalue weighted by molar-refractivity contribution is 5.91. The Bertz CT molecular complexity index is 827. The lowest BCUT2D eigenvalue weighted by Crippen LogP contribution is -2.23. The molecule has 0 spiro atoms. The zero-order chi connectivity index (χ0) is 18.9. The molecular weight excluding hydrogens is 380 g/mol. The van der Waals surface area contributed by atoms with E-state index in [9.17, 15) is 9.90 Å². The van der Waals surface area contributed by atoms with Crippen LogP contribution in [0.1, 0.15) is 23.1 Å². The van der Waals surface area contributed by atoms with Gasteiger partial charge in [0.05, 0.1) is 12.5 Å². The van der Waals surface area contributed by atoms with Crippen LogP contribution in [0, 0.1) is 0 Å². The van der Waals surface area contributed by atoms with Gasteiger partial charge in [-0.25, -0.2) is 5.10 Å². The van der Waals surface area contributed by atoms with Crippen molar-refractivity contribution in [3.63, 3.8) is 0 Å². The monoisotopic (exact) mass is 402 g/mol. The Hall–Kier alpha value is -2.81. The number of aromatic nitrogens is 4. The van der Waals surface area contributed by atoms with Crippen molar-refractivity contribution in [2.45, 2.75) is 18.9 Å². The Morgan fingerprint density at radius 3 is 2.54 bits per heavy atom. The number of aliphatic hydroxyl groups excluding tert-OH is 1. The molecule has 1 aromatic heterocycles. The van der Waals surface area contributed by atoms with Gasteiger partial charge in [-0.1, -0.05) is 42.5 Å². The van der Waals surface area contributed by atoms with E-state index in [4.69, 9.17) is 0 Å². The van der Waals surface area contributed by atoms with Crippen molar-refractivity contribution in [2.24, 2.45) is 0 Å². The molecule has 0 radical (unpaired) electrons. The van der Waals surface area contributed by atoms with E-state index in [1.165, 1.54) is 0 Å². The largest absolute Gasteiger partial charge is 0.387 e. The highest BCUT2D eigenvalue weighted by Crippen LogP contribution is 2.12. The summed E-state index contributed by atoms with van der Waals surface area (Å²) in [6, 6.07) is 17.3. The van der Waals surface area contributed by atoms with Gasteiger partial charge in [-0.3, -0.25) is 4.79 Å². The molecule has 1 atom stereocenters. The lowest BCUT2D eigenvalue weighted by atomic mass is 10.1. The number of anilines is 1. The number of nitrogens with one attached hydrogen (secondary N) is 3. The van der Waals surface area contributed by atoms with Crippen molar-refractivity contribution >= 4 is 24.0 Å². The maximum Gasteiger partial charge on any atom is 0.232 e. The topological polar surface area (TPSA) is 116 Å². The molecule has 0 fully saturated rings. The van der Waals surface area contributed by atoms with Crippen LogP contribution in [0.15, 0.2) is 54.6 Å². The maximum atomic E-state index is 11.9. The molecule has 0 saturated heterocycles. The number of benzene rings is 2. The molecule has 0 saturated carbocycles. The Labute approximate surface area is 169 Å². The maximum absolute atomic E-state index is 11.9. The first-order valence-corrected chi connectivity index (χ1v) is 8.76. The van der Waals surface area contributed by atoms with Crippen molar-refractivity contribution in [1.82, 2.24) is 25.9 Å². The summed E-state index contributed by atoms with van der Waals surface area (Å²) in [5, 5.41) is 29.3. The minimum absolute atomic E-state index is 0. The van der Waals surface area contributed by atoms with Gasteiger partial charge >= 0.3 is 0 Å². The van der Waals surface area contributed by atoms with Gasteiger partial charge in [0, 0.05) is 12.2 Å². The molecule has 9 heteroatoms. The van der Waals surface area contributed by atoms with Crippen LogP contribution in [-0.2, 0) is 17.6 Å². The average molecular weight is 403 g/mol. The molecule has 0 unspecified atom stereocenters. The van der Waals surface area contributed by atoms with Gasteiger partial charge in [0.15, 0.2) is 5.82 Å². The minimum Gasteiger partial charge on any atom is -0.387 e. The lowest BCUT2D eigenvalue weighted by Gasteiger charge is -2.12. The van der Waals surface area contributed by atoms with Crippen LogP contribution in [0.25, 0.3) is 0 Å². The highest BCUT2D eigenvalue weighted by Gasteiger charge is 2.07. The second-order valence-electron chi connectivity index (χ2n) is 6.15. The smallest absolute Gasteiger partial charge is 0.232 e. The molecule has 148 valence electrons. The van der Waals surface area contributed by atoms with Crippen molar-refractivity contribution in [3.8, 4) is 0 Å². The van der Waals surface area contributed by atoms with Crippen LogP contribution in [0.4, 0.5) is 5.69 Å². The Balaban J connectivity index is 0.00000280. The number of H-pyrrole nitrogens is 1. The number of amides is 1. The normalized spacial score (nSPS) is 11.5. The van der Waals surface area contributed by atoms with Crippen LogP contribution < -0.4 is 10.6 Å². The molecule has 2 aromatic carbocycles. The number of hydrogen-bond donors (Lipinski definition) is 4. The van der Waals surface area contributed by atoms with E-state index in [-0.39, 0.29) is 24.7 Å². The quantitative estimate of drug-likeness (QED) is 0.404. The summed E-state index contributed by atoms with van der Waals surface area (Å²) in [5.41, 5.74) is 2.78. The molecule has 3 aromatic rings. The molecule has 0 aliphatic heterocycles. The van der Waals surface area contributed by atoms with Gasteiger partial charge in [0.2, 0.25) is 5.91 Å². The zero-order valence-corrected chi connectivity index (χ0v) is 16.0. The summed E-state index contributed by atoms with van der Waals surface area (Å²) >= 11 is 0. The fourth-order valence-electron chi connectivity index (χ4n) is 2.63. The number of rotatable bonds is 9. The molecular formula is C19H23ClN6O2. The van der Waals surface area contributed by atoms with E-state index in [2.05, 4.69) is 31.3 Å². The third kappa shape index (κ3) is 6.73. The number of carbonyl (C=O) groups is 1. The van der Waals surface area contributed by atoms with Gasteiger partial charge in [0.25, 0.3) is 0 Å². The van der Waals surface area contributed by atoms with E-state index in [1.54, 1.807) is 0 Å². The first-order chi connectivity index (χ1) is 13.2. The minimum atomic E-state index is -0.511. The summed E-state index contributed by atoms with van der Waals surface area (Å²) < 4.78 is 0. The summed E-state index contributed by atoms with van der Waals surface area (Å²) in [6.07, 6.45) is 0.422. The standard InChI is InChI=1S/C19H22N6O2.ClH/c26-17(15-4-2-1-3-5-15)13-20-11-10-14-6-8-16(9-7-14)21-19(27)12-18-22-24-25-23-18;/h1-9,17,20,26H,10-13H2,(H,21,27)(H,22,23,24,25);1H/t17-;/m0./s1. The number of hydrogen-bond acceptors (Lipinski definition) is 6. The van der Waals surface area contributed by atoms with E-state index in [1.807, 2.05) is 54.6 Å². The highest BCUT2D eigenvalue weighted by atomic mass is 35.5. The van der Waals surface area contributed by atoms with Crippen molar-refractivity contribution in [3.05, 3.63) is 71.5 Å². The fourth-order valence-corrected chi connectivity index (χ4v) is 2.63. The average Bonchev–Trinajstić information content (AvgIpc) is 3.20. The molecule has 8 nitrogen and oxygen atoms in total. The summed E-state index contributed by atoms with van der Waals surface area (Å²) in [5.74, 6) is 0.241. The van der Waals surface area contributed by atoms with Gasteiger partial charge < -0.3 is 15.7 Å². The van der Waals surface area contributed by atoms with Gasteiger partial charge in [0.1, 0.15) is 0 Å². The number of tetrazole rings is 1. The first kappa shape index (κ1) is 21.5. The number of carbonyl (C=O) groups excluding carboxylic acids is 1. The molecule has 0 aliphatic carbocycles. The zero-order valence-electron chi connectivity index (χ0n) is 15.2. The van der Waals surface area contributed by atoms with E-state index >= 15 is 0 Å². The second kappa shape index (κ2) is 11.1. The summed E-state index contributed by atoms with van der Waals surface area (Å²) in [4.78, 5) is 11.9. The summed E-state index contributed by atoms with van der Waals surface area (Å²) in [7, 11) is 0. The first-order valence-electron chi connectivity index (χ1n) is 8.76. The van der Waals surface area contributed by atoms with E-state index in [0.717, 1.165) is 29.8 Å². The molecule has 0 bridgehead atoms. The van der Waals surface area contributed by atoms with Gasteiger partial charge in [-0.05, 0) is 46.7 Å². The van der Waals surface area contributed by atoms with Crippen molar-refractivity contribution in [1.29, 1.82) is 0 Å². The number of aliphatic hydroxyl groups is 1. The van der Waals surface area contributed by atoms with Crippen molar-refractivity contribution < 1.29 is 9.90 Å². The Morgan fingerprint density at radius 1 is 1.11 bits per heavy atom. The predicted molar refractivity (Wildman–Crippen MR) is 108 cm³/mol. The van der Waals surface area contributed by atoms with Crippen LogP contribution >= 0.6 is 12.4 Å². The number of nitrogens with zero attached hydrogens (tertiary/aromatic N) is 3. The molecule has 1 amide bonds. The fraction of sp³-hybridized carbons (Fsp3) is 0.263. The van der Waals surface area contributed by atoms with Crippen LogP contribution in [0.5, 0.6) is 0 Å². The number of aromatic amines is 1. The summed E-state index contributed by atoms with van der Waals surface area (Å²) in [6.45, 7) is 1.27. The van der Waals surface area contributed by atoms with Crippen LogP contribution in [0.3, 0.4) is 0 Å². The van der Waals surface area contributed by atoms with Crippen LogP contribution in [-0.4, -0.2) is 44.7 Å². The molecule has 3 rings (SSSR count). The van der Waals surface area contributed by atoms with E-state index < -0.39 is 6.10 Å². The second-order valence-corrected chi connectivity index (χ2v) is 6.15. The molecule has 28 heavy (non-hydrogen) atoms. The number of halogens is 1.